The molecule has 0 saturated heterocycles. The van der Waals surface area contributed by atoms with Crippen LogP contribution in [0.4, 0.5) is 0 Å². The summed E-state index contributed by atoms with van der Waals surface area (Å²) in [7, 11) is 0. The van der Waals surface area contributed by atoms with Crippen LogP contribution in [0.3, 0.4) is 0 Å². The summed E-state index contributed by atoms with van der Waals surface area (Å²) < 4.78 is 0. The van der Waals surface area contributed by atoms with E-state index in [0.717, 1.165) is 27.7 Å². The number of hydrogen-bond acceptors (Lipinski definition) is 2. The molecular formula is C15H17NO. The molecule has 2 nitrogen and oxygen atoms in total. The van der Waals surface area contributed by atoms with Gasteiger partial charge in [-0.05, 0) is 44.0 Å². The largest absolute Gasteiger partial charge is 0.389 e. The number of benzene rings is 1. The van der Waals surface area contributed by atoms with Gasteiger partial charge >= 0.3 is 0 Å². The first kappa shape index (κ1) is 11.8. The maximum Gasteiger partial charge on any atom is 0.0722 e. The summed E-state index contributed by atoms with van der Waals surface area (Å²) in [6.45, 7) is 5.71. The molecule has 0 spiro atoms. The fraction of sp³-hybridized carbons (Fsp3) is 0.267. The highest BCUT2D eigenvalue weighted by molar-refractivity contribution is 5.88. The molecule has 0 aliphatic carbocycles. The Morgan fingerprint density at radius 3 is 2.76 bits per heavy atom. The van der Waals surface area contributed by atoms with Gasteiger partial charge in [0.25, 0.3) is 0 Å². The lowest BCUT2D eigenvalue weighted by molar-refractivity contribution is 0.232. The first-order valence-corrected chi connectivity index (χ1v) is 5.80. The first-order valence-electron chi connectivity index (χ1n) is 5.80. The number of rotatable bonds is 2. The Morgan fingerprint density at radius 1 is 1.35 bits per heavy atom. The molecule has 0 bridgehead atoms. The van der Waals surface area contributed by atoms with Crippen LogP contribution in [0, 0.1) is 6.92 Å². The van der Waals surface area contributed by atoms with Gasteiger partial charge in [0.2, 0.25) is 0 Å². The normalized spacial score (nSPS) is 14.0. The van der Waals surface area contributed by atoms with Crippen molar-refractivity contribution >= 4 is 17.0 Å². The molecule has 1 N–H and O–H groups in total. The van der Waals surface area contributed by atoms with Gasteiger partial charge < -0.3 is 5.11 Å². The lowest BCUT2D eigenvalue weighted by Gasteiger charge is -2.07. The van der Waals surface area contributed by atoms with Crippen molar-refractivity contribution < 1.29 is 5.11 Å². The smallest absolute Gasteiger partial charge is 0.0722 e. The molecule has 0 radical (unpaired) electrons. The molecule has 1 unspecified atom stereocenters. The van der Waals surface area contributed by atoms with Gasteiger partial charge in [-0.2, -0.15) is 0 Å². The van der Waals surface area contributed by atoms with Crippen molar-refractivity contribution in [3.05, 3.63) is 47.2 Å². The summed E-state index contributed by atoms with van der Waals surface area (Å²) >= 11 is 0. The maximum absolute atomic E-state index is 9.54. The minimum atomic E-state index is -0.415. The monoisotopic (exact) mass is 227 g/mol. The second-order valence-electron chi connectivity index (χ2n) is 4.43. The summed E-state index contributed by atoms with van der Waals surface area (Å²) in [5.74, 6) is 0. The minimum Gasteiger partial charge on any atom is -0.389 e. The summed E-state index contributed by atoms with van der Waals surface area (Å²) in [4.78, 5) is 4.50. The number of para-hydroxylation sites is 1. The number of pyridine rings is 1. The highest BCUT2D eigenvalue weighted by Crippen LogP contribution is 2.21. The van der Waals surface area contributed by atoms with Gasteiger partial charge in [0, 0.05) is 11.1 Å². The van der Waals surface area contributed by atoms with Crippen LogP contribution in [0.15, 0.2) is 35.9 Å². The van der Waals surface area contributed by atoms with Gasteiger partial charge in [0.1, 0.15) is 0 Å². The van der Waals surface area contributed by atoms with E-state index in [4.69, 9.17) is 0 Å². The van der Waals surface area contributed by atoms with Gasteiger partial charge in [-0.1, -0.05) is 24.3 Å². The summed E-state index contributed by atoms with van der Waals surface area (Å²) in [6, 6.07) is 10.1. The molecule has 0 aliphatic heterocycles. The van der Waals surface area contributed by atoms with Gasteiger partial charge in [-0.3, -0.25) is 4.98 Å². The Labute approximate surface area is 102 Å². The van der Waals surface area contributed by atoms with Crippen LogP contribution < -0.4 is 0 Å². The first-order chi connectivity index (χ1) is 8.08. The molecule has 2 aromatic rings. The molecule has 0 aliphatic rings. The lowest BCUT2D eigenvalue weighted by atomic mass is 10.0. The average molecular weight is 227 g/mol. The molecule has 17 heavy (non-hydrogen) atoms. The van der Waals surface area contributed by atoms with Gasteiger partial charge in [-0.15, -0.1) is 0 Å². The van der Waals surface area contributed by atoms with E-state index < -0.39 is 6.10 Å². The highest BCUT2D eigenvalue weighted by atomic mass is 16.3. The summed E-state index contributed by atoms with van der Waals surface area (Å²) in [5.41, 5.74) is 4.07. The maximum atomic E-state index is 9.54. The summed E-state index contributed by atoms with van der Waals surface area (Å²) in [6.07, 6.45) is 1.61. The molecule has 0 fully saturated rings. The van der Waals surface area contributed by atoms with E-state index in [1.807, 2.05) is 44.2 Å². The average Bonchev–Trinajstić information content (AvgIpc) is 2.28. The molecule has 2 rings (SSSR count). The zero-order chi connectivity index (χ0) is 12.4. The van der Waals surface area contributed by atoms with Crippen LogP contribution in [0.1, 0.15) is 25.1 Å². The van der Waals surface area contributed by atoms with Crippen molar-refractivity contribution in [2.45, 2.75) is 26.9 Å². The van der Waals surface area contributed by atoms with E-state index in [-0.39, 0.29) is 0 Å². The minimum absolute atomic E-state index is 0.415. The molecule has 0 amide bonds. The third-order valence-corrected chi connectivity index (χ3v) is 2.92. The third kappa shape index (κ3) is 2.53. The van der Waals surface area contributed by atoms with E-state index in [1.165, 1.54) is 0 Å². The Bertz CT molecular complexity index is 570. The van der Waals surface area contributed by atoms with E-state index in [0.29, 0.717) is 0 Å². The SMILES string of the molecule is C/C(=C\c1cc(C)nc2ccccc12)C(C)O. The quantitative estimate of drug-likeness (QED) is 0.853. The molecule has 1 atom stereocenters. The fourth-order valence-corrected chi connectivity index (χ4v) is 1.83. The van der Waals surface area contributed by atoms with E-state index in [2.05, 4.69) is 11.1 Å². The standard InChI is InChI=1S/C15H17NO/c1-10(12(3)17)8-13-9-11(2)16-15-7-5-4-6-14(13)15/h4-9,12,17H,1-3H3/b10-8+. The second-order valence-corrected chi connectivity index (χ2v) is 4.43. The van der Waals surface area contributed by atoms with Crippen LogP contribution in [-0.4, -0.2) is 16.2 Å². The van der Waals surface area contributed by atoms with Gasteiger partial charge in [-0.25, -0.2) is 0 Å². The molecule has 1 heterocycles. The van der Waals surface area contributed by atoms with Crippen molar-refractivity contribution in [2.24, 2.45) is 0 Å². The van der Waals surface area contributed by atoms with Crippen LogP contribution in [0.5, 0.6) is 0 Å². The number of aromatic nitrogens is 1. The van der Waals surface area contributed by atoms with Crippen LogP contribution in [0.25, 0.3) is 17.0 Å². The zero-order valence-corrected chi connectivity index (χ0v) is 10.4. The number of fused-ring (bicyclic) bond motifs is 1. The molecule has 1 aromatic carbocycles. The van der Waals surface area contributed by atoms with Crippen molar-refractivity contribution in [3.8, 4) is 0 Å². The molecule has 88 valence electrons. The van der Waals surface area contributed by atoms with E-state index >= 15 is 0 Å². The van der Waals surface area contributed by atoms with E-state index in [1.54, 1.807) is 6.92 Å². The fourth-order valence-electron chi connectivity index (χ4n) is 1.83. The predicted molar refractivity (Wildman–Crippen MR) is 71.8 cm³/mol. The Balaban J connectivity index is 2.64. The Kier molecular flexibility index (Phi) is 3.25. The molecule has 2 heteroatoms. The Morgan fingerprint density at radius 2 is 2.06 bits per heavy atom. The second kappa shape index (κ2) is 4.68. The number of hydrogen-bond donors (Lipinski definition) is 1. The predicted octanol–water partition coefficient (Wildman–Crippen LogP) is 3.33. The van der Waals surface area contributed by atoms with Crippen molar-refractivity contribution in [1.29, 1.82) is 0 Å². The van der Waals surface area contributed by atoms with Crippen LogP contribution in [-0.2, 0) is 0 Å². The van der Waals surface area contributed by atoms with Crippen LogP contribution in [0.2, 0.25) is 0 Å². The number of aryl methyl sites for hydroxylation is 1. The number of nitrogens with zero attached hydrogens (tertiary/aromatic N) is 1. The van der Waals surface area contributed by atoms with Gasteiger partial charge in [0.15, 0.2) is 0 Å². The van der Waals surface area contributed by atoms with Gasteiger partial charge in [0.05, 0.1) is 11.6 Å². The summed E-state index contributed by atoms with van der Waals surface area (Å²) in [5, 5.41) is 10.7. The molecule has 0 saturated carbocycles. The lowest BCUT2D eigenvalue weighted by Crippen LogP contribution is -2.00. The topological polar surface area (TPSA) is 33.1 Å². The van der Waals surface area contributed by atoms with Crippen molar-refractivity contribution in [2.75, 3.05) is 0 Å². The number of aliphatic hydroxyl groups excluding tert-OH is 1. The third-order valence-electron chi connectivity index (χ3n) is 2.92. The Hall–Kier alpha value is -1.67. The van der Waals surface area contributed by atoms with Crippen molar-refractivity contribution in [1.82, 2.24) is 4.98 Å². The number of aliphatic hydroxyl groups is 1. The highest BCUT2D eigenvalue weighted by Gasteiger charge is 2.03. The zero-order valence-electron chi connectivity index (χ0n) is 10.4. The van der Waals surface area contributed by atoms with Crippen molar-refractivity contribution in [3.63, 3.8) is 0 Å². The van der Waals surface area contributed by atoms with E-state index in [9.17, 15) is 5.11 Å². The molecule has 1 aromatic heterocycles. The van der Waals surface area contributed by atoms with Crippen LogP contribution >= 0.6 is 0 Å². The molecular weight excluding hydrogens is 210 g/mol.